The number of hydrogen-bond acceptors (Lipinski definition) is 5. The van der Waals surface area contributed by atoms with Crippen LogP contribution in [-0.4, -0.2) is 28.1 Å². The van der Waals surface area contributed by atoms with Gasteiger partial charge in [-0.2, -0.15) is 0 Å². The molecule has 0 radical (unpaired) electrons. The highest BCUT2D eigenvalue weighted by Gasteiger charge is 2.18. The van der Waals surface area contributed by atoms with Gasteiger partial charge in [-0.3, -0.25) is 4.98 Å². The van der Waals surface area contributed by atoms with E-state index < -0.39 is 5.97 Å². The van der Waals surface area contributed by atoms with Crippen molar-refractivity contribution in [3.8, 4) is 10.6 Å². The first-order valence-electron chi connectivity index (χ1n) is 4.55. The van der Waals surface area contributed by atoms with Crippen molar-refractivity contribution >= 4 is 22.4 Å². The van der Waals surface area contributed by atoms with E-state index in [1.165, 1.54) is 11.3 Å². The quantitative estimate of drug-likeness (QED) is 0.850. The predicted molar refractivity (Wildman–Crippen MR) is 61.9 cm³/mol. The minimum absolute atomic E-state index is 0.0352. The smallest absolute Gasteiger partial charge is 0.356 e. The minimum Gasteiger partial charge on any atom is -0.476 e. The Kier molecular flexibility index (Phi) is 2.82. The molecule has 0 fully saturated rings. The fourth-order valence-electron chi connectivity index (χ4n) is 1.24. The maximum absolute atomic E-state index is 11.0. The number of hydrogen-bond donors (Lipinski definition) is 2. The molecular weight excluding hydrogens is 226 g/mol. The Balaban J connectivity index is 2.55. The standard InChI is InChI=1S/C10H9N3O2S/c1-11-10-13-7(9(14)15)8(16-10)6-4-2-3-5-12-6/h2-5H,1H3,(H,11,13)(H,14,15). The first kappa shape index (κ1) is 10.6. The van der Waals surface area contributed by atoms with Gasteiger partial charge in [-0.25, -0.2) is 9.78 Å². The highest BCUT2D eigenvalue weighted by atomic mass is 32.1. The number of nitrogens with one attached hydrogen (secondary N) is 1. The van der Waals surface area contributed by atoms with Gasteiger partial charge in [0.25, 0.3) is 0 Å². The molecule has 0 aromatic carbocycles. The zero-order chi connectivity index (χ0) is 11.5. The van der Waals surface area contributed by atoms with E-state index in [1.807, 2.05) is 6.07 Å². The van der Waals surface area contributed by atoms with E-state index in [0.717, 1.165) is 0 Å². The third-order valence-corrected chi connectivity index (χ3v) is 3.04. The summed E-state index contributed by atoms with van der Waals surface area (Å²) in [5, 5.41) is 12.4. The molecule has 0 bridgehead atoms. The summed E-state index contributed by atoms with van der Waals surface area (Å²) in [6, 6.07) is 5.36. The third kappa shape index (κ3) is 1.87. The van der Waals surface area contributed by atoms with Gasteiger partial charge in [0.1, 0.15) is 0 Å². The van der Waals surface area contributed by atoms with Crippen molar-refractivity contribution in [1.82, 2.24) is 9.97 Å². The number of aromatic nitrogens is 2. The monoisotopic (exact) mass is 235 g/mol. The maximum Gasteiger partial charge on any atom is 0.356 e. The summed E-state index contributed by atoms with van der Waals surface area (Å²) in [5.41, 5.74) is 0.659. The molecule has 0 saturated carbocycles. The summed E-state index contributed by atoms with van der Waals surface area (Å²) in [6.07, 6.45) is 1.62. The Morgan fingerprint density at radius 2 is 2.31 bits per heavy atom. The Morgan fingerprint density at radius 1 is 1.50 bits per heavy atom. The maximum atomic E-state index is 11.0. The fraction of sp³-hybridized carbons (Fsp3) is 0.100. The predicted octanol–water partition coefficient (Wildman–Crippen LogP) is 1.94. The van der Waals surface area contributed by atoms with Gasteiger partial charge in [0.05, 0.1) is 10.6 Å². The third-order valence-electron chi connectivity index (χ3n) is 1.94. The van der Waals surface area contributed by atoms with Gasteiger partial charge in [-0.1, -0.05) is 17.4 Å². The Labute approximate surface area is 95.8 Å². The first-order valence-corrected chi connectivity index (χ1v) is 5.37. The molecule has 0 amide bonds. The van der Waals surface area contributed by atoms with Crippen LogP contribution in [0.15, 0.2) is 24.4 Å². The van der Waals surface area contributed by atoms with E-state index in [2.05, 4.69) is 15.3 Å². The summed E-state index contributed by atoms with van der Waals surface area (Å²) in [6.45, 7) is 0. The average molecular weight is 235 g/mol. The summed E-state index contributed by atoms with van der Waals surface area (Å²) in [5.74, 6) is -1.04. The van der Waals surface area contributed by atoms with E-state index in [0.29, 0.717) is 15.7 Å². The van der Waals surface area contributed by atoms with Crippen molar-refractivity contribution < 1.29 is 9.90 Å². The highest BCUT2D eigenvalue weighted by molar-refractivity contribution is 7.19. The average Bonchev–Trinajstić information content (AvgIpc) is 2.74. The van der Waals surface area contributed by atoms with Crippen molar-refractivity contribution in [1.29, 1.82) is 0 Å². The number of pyridine rings is 1. The normalized spacial score (nSPS) is 10.1. The molecule has 0 aliphatic carbocycles. The first-order chi connectivity index (χ1) is 7.72. The van der Waals surface area contributed by atoms with Crippen LogP contribution in [0, 0.1) is 0 Å². The molecule has 2 aromatic rings. The topological polar surface area (TPSA) is 75.1 Å². The number of thiazole rings is 1. The van der Waals surface area contributed by atoms with Gasteiger partial charge in [-0.15, -0.1) is 0 Å². The van der Waals surface area contributed by atoms with Gasteiger partial charge in [0, 0.05) is 13.2 Å². The molecule has 0 aliphatic rings. The molecule has 2 heterocycles. The van der Waals surface area contributed by atoms with Crippen LogP contribution >= 0.6 is 11.3 Å². The van der Waals surface area contributed by atoms with Crippen molar-refractivity contribution in [2.45, 2.75) is 0 Å². The number of carboxylic acids is 1. The fourth-order valence-corrected chi connectivity index (χ4v) is 2.13. The SMILES string of the molecule is CNc1nc(C(=O)O)c(-c2ccccn2)s1. The molecule has 16 heavy (non-hydrogen) atoms. The molecule has 0 unspecified atom stereocenters. The van der Waals surface area contributed by atoms with Crippen molar-refractivity contribution in [2.24, 2.45) is 0 Å². The van der Waals surface area contributed by atoms with E-state index in [4.69, 9.17) is 5.11 Å². The highest BCUT2D eigenvalue weighted by Crippen LogP contribution is 2.31. The molecule has 82 valence electrons. The molecule has 5 nitrogen and oxygen atoms in total. The van der Waals surface area contributed by atoms with E-state index >= 15 is 0 Å². The molecule has 0 atom stereocenters. The van der Waals surface area contributed by atoms with Crippen molar-refractivity contribution in [2.75, 3.05) is 12.4 Å². The van der Waals surface area contributed by atoms with Gasteiger partial charge < -0.3 is 10.4 Å². The summed E-state index contributed by atoms with van der Waals surface area (Å²) >= 11 is 1.28. The van der Waals surface area contributed by atoms with Crippen molar-refractivity contribution in [3.05, 3.63) is 30.1 Å². The van der Waals surface area contributed by atoms with Crippen LogP contribution in [0.1, 0.15) is 10.5 Å². The second kappa shape index (κ2) is 4.28. The van der Waals surface area contributed by atoms with Crippen LogP contribution in [0.25, 0.3) is 10.6 Å². The Morgan fingerprint density at radius 3 is 2.88 bits per heavy atom. The largest absolute Gasteiger partial charge is 0.476 e. The van der Waals surface area contributed by atoms with Crippen molar-refractivity contribution in [3.63, 3.8) is 0 Å². The van der Waals surface area contributed by atoms with Gasteiger partial charge in [0.15, 0.2) is 10.8 Å². The van der Waals surface area contributed by atoms with E-state index in [1.54, 1.807) is 25.4 Å². The number of nitrogens with zero attached hydrogens (tertiary/aromatic N) is 2. The Hall–Kier alpha value is -1.95. The van der Waals surface area contributed by atoms with Gasteiger partial charge in [0.2, 0.25) is 0 Å². The summed E-state index contributed by atoms with van der Waals surface area (Å²) in [7, 11) is 1.70. The van der Waals surface area contributed by atoms with Gasteiger partial charge >= 0.3 is 5.97 Å². The van der Waals surface area contributed by atoms with Crippen LogP contribution in [0.2, 0.25) is 0 Å². The molecule has 0 aliphatic heterocycles. The lowest BCUT2D eigenvalue weighted by atomic mass is 10.2. The zero-order valence-corrected chi connectivity index (χ0v) is 9.28. The second-order valence-corrected chi connectivity index (χ2v) is 3.97. The number of rotatable bonds is 3. The molecule has 2 rings (SSSR count). The number of carbonyl (C=O) groups is 1. The van der Waals surface area contributed by atoms with Crippen LogP contribution in [-0.2, 0) is 0 Å². The summed E-state index contributed by atoms with van der Waals surface area (Å²) in [4.78, 5) is 19.7. The zero-order valence-electron chi connectivity index (χ0n) is 8.47. The molecular formula is C10H9N3O2S. The minimum atomic E-state index is -1.04. The molecule has 0 spiro atoms. The molecule has 2 aromatic heterocycles. The Bertz CT molecular complexity index is 510. The molecule has 0 saturated heterocycles. The lowest BCUT2D eigenvalue weighted by Gasteiger charge is -1.95. The number of aromatic carboxylic acids is 1. The van der Waals surface area contributed by atoms with Crippen LogP contribution in [0.5, 0.6) is 0 Å². The second-order valence-electron chi connectivity index (χ2n) is 2.97. The van der Waals surface area contributed by atoms with Gasteiger partial charge in [-0.05, 0) is 12.1 Å². The van der Waals surface area contributed by atoms with Crippen LogP contribution in [0.4, 0.5) is 5.13 Å². The van der Waals surface area contributed by atoms with Crippen LogP contribution in [0.3, 0.4) is 0 Å². The molecule has 2 N–H and O–H groups in total. The number of carboxylic acid groups (broad SMARTS) is 1. The lowest BCUT2D eigenvalue weighted by Crippen LogP contribution is -1.99. The lowest BCUT2D eigenvalue weighted by molar-refractivity contribution is 0.0692. The summed E-state index contributed by atoms with van der Waals surface area (Å²) < 4.78 is 0. The van der Waals surface area contributed by atoms with Crippen LogP contribution < -0.4 is 5.32 Å². The van der Waals surface area contributed by atoms with E-state index in [9.17, 15) is 4.79 Å². The number of anilines is 1. The molecule has 6 heteroatoms. The van der Waals surface area contributed by atoms with E-state index in [-0.39, 0.29) is 5.69 Å².